The second-order valence-electron chi connectivity index (χ2n) is 5.17. The van der Waals surface area contributed by atoms with Crippen molar-refractivity contribution in [3.8, 4) is 5.75 Å². The minimum atomic E-state index is -0.811. The Kier molecular flexibility index (Phi) is 6.72. The first-order chi connectivity index (χ1) is 9.93. The molecule has 0 radical (unpaired) electrons. The van der Waals surface area contributed by atoms with Gasteiger partial charge in [0.05, 0.1) is 12.2 Å². The van der Waals surface area contributed by atoms with Crippen molar-refractivity contribution in [2.75, 3.05) is 13.2 Å². The van der Waals surface area contributed by atoms with E-state index in [-0.39, 0.29) is 5.91 Å². The summed E-state index contributed by atoms with van der Waals surface area (Å²) in [7, 11) is 0. The van der Waals surface area contributed by atoms with Crippen molar-refractivity contribution >= 4 is 11.9 Å². The molecule has 1 N–H and O–H groups in total. The first-order valence-corrected chi connectivity index (χ1v) is 7.15. The van der Waals surface area contributed by atoms with Crippen LogP contribution in [-0.4, -0.2) is 31.1 Å². The highest BCUT2D eigenvalue weighted by molar-refractivity contribution is 5.92. The Bertz CT molecular complexity index is 468. The summed E-state index contributed by atoms with van der Waals surface area (Å²) < 4.78 is 10.6. The van der Waals surface area contributed by atoms with Crippen LogP contribution < -0.4 is 10.1 Å². The van der Waals surface area contributed by atoms with Crippen molar-refractivity contribution < 1.29 is 19.1 Å². The molecule has 0 spiro atoms. The molecule has 1 amide bonds. The first kappa shape index (κ1) is 17.0. The Labute approximate surface area is 125 Å². The van der Waals surface area contributed by atoms with E-state index in [1.807, 2.05) is 6.92 Å². The fourth-order valence-corrected chi connectivity index (χ4v) is 1.55. The molecule has 0 aromatic heterocycles. The fourth-order valence-electron chi connectivity index (χ4n) is 1.55. The Balaban J connectivity index is 2.56. The third-order valence-electron chi connectivity index (χ3n) is 2.68. The predicted molar refractivity (Wildman–Crippen MR) is 80.3 cm³/mol. The monoisotopic (exact) mass is 293 g/mol. The van der Waals surface area contributed by atoms with E-state index in [1.54, 1.807) is 31.2 Å². The number of hydrogen-bond acceptors (Lipinski definition) is 4. The van der Waals surface area contributed by atoms with E-state index in [9.17, 15) is 9.59 Å². The average Bonchev–Trinajstić information content (AvgIpc) is 2.45. The van der Waals surface area contributed by atoms with Gasteiger partial charge in [-0.15, -0.1) is 0 Å². The first-order valence-electron chi connectivity index (χ1n) is 7.15. The summed E-state index contributed by atoms with van der Waals surface area (Å²) in [5.74, 6) is 0.316. The number of amides is 1. The molecular weight excluding hydrogens is 270 g/mol. The Morgan fingerprint density at radius 1 is 1.14 bits per heavy atom. The van der Waals surface area contributed by atoms with Gasteiger partial charge < -0.3 is 14.8 Å². The minimum Gasteiger partial charge on any atom is -0.493 e. The van der Waals surface area contributed by atoms with E-state index in [0.717, 1.165) is 0 Å². The zero-order valence-corrected chi connectivity index (χ0v) is 13.0. The topological polar surface area (TPSA) is 64.6 Å². The summed E-state index contributed by atoms with van der Waals surface area (Å²) in [5, 5.41) is 2.60. The molecule has 1 aromatic rings. The molecule has 1 aromatic carbocycles. The molecule has 116 valence electrons. The maximum atomic E-state index is 11.9. The zero-order chi connectivity index (χ0) is 15.8. The van der Waals surface area contributed by atoms with E-state index >= 15 is 0 Å². The van der Waals surface area contributed by atoms with Gasteiger partial charge in [-0.05, 0) is 44.0 Å². The maximum absolute atomic E-state index is 11.9. The number of benzene rings is 1. The van der Waals surface area contributed by atoms with Crippen LogP contribution in [0.4, 0.5) is 0 Å². The number of carbonyl (C=O) groups is 2. The van der Waals surface area contributed by atoms with Gasteiger partial charge in [0.2, 0.25) is 0 Å². The summed E-state index contributed by atoms with van der Waals surface area (Å²) in [6.45, 7) is 8.61. The van der Waals surface area contributed by atoms with Gasteiger partial charge in [-0.3, -0.25) is 4.79 Å². The lowest BCUT2D eigenvalue weighted by Gasteiger charge is -2.13. The Hall–Kier alpha value is -2.04. The van der Waals surface area contributed by atoms with Gasteiger partial charge in [0.25, 0.3) is 5.91 Å². The number of hydrogen-bond donors (Lipinski definition) is 1. The summed E-state index contributed by atoms with van der Waals surface area (Å²) >= 11 is 0. The fraction of sp³-hybridized carbons (Fsp3) is 0.500. The normalized spacial score (nSPS) is 11.9. The lowest BCUT2D eigenvalue weighted by molar-refractivity contribution is -0.128. The number of nitrogens with one attached hydrogen (secondary N) is 1. The van der Waals surface area contributed by atoms with Gasteiger partial charge in [-0.25, -0.2) is 4.79 Å². The maximum Gasteiger partial charge on any atom is 0.338 e. The molecule has 0 saturated carbocycles. The van der Waals surface area contributed by atoms with Crippen LogP contribution in [0.1, 0.15) is 38.1 Å². The van der Waals surface area contributed by atoms with Gasteiger partial charge in [0.1, 0.15) is 5.75 Å². The van der Waals surface area contributed by atoms with Crippen LogP contribution in [0.15, 0.2) is 24.3 Å². The molecule has 0 aliphatic carbocycles. The van der Waals surface area contributed by atoms with Crippen molar-refractivity contribution in [1.29, 1.82) is 0 Å². The molecule has 5 heteroatoms. The lowest BCUT2D eigenvalue weighted by atomic mass is 10.2. The van der Waals surface area contributed by atoms with E-state index in [0.29, 0.717) is 30.4 Å². The third kappa shape index (κ3) is 5.85. The van der Waals surface area contributed by atoms with Gasteiger partial charge in [0.15, 0.2) is 6.10 Å². The molecule has 21 heavy (non-hydrogen) atoms. The van der Waals surface area contributed by atoms with Gasteiger partial charge in [-0.2, -0.15) is 0 Å². The lowest BCUT2D eigenvalue weighted by Crippen LogP contribution is -2.35. The summed E-state index contributed by atoms with van der Waals surface area (Å²) in [4.78, 5) is 23.4. The van der Waals surface area contributed by atoms with Crippen molar-refractivity contribution in [2.45, 2.75) is 33.8 Å². The largest absolute Gasteiger partial charge is 0.493 e. The molecule has 5 nitrogen and oxygen atoms in total. The van der Waals surface area contributed by atoms with Crippen molar-refractivity contribution in [3.05, 3.63) is 29.8 Å². The highest BCUT2D eigenvalue weighted by Crippen LogP contribution is 2.14. The molecule has 0 saturated heterocycles. The quantitative estimate of drug-likeness (QED) is 0.784. The van der Waals surface area contributed by atoms with Crippen LogP contribution >= 0.6 is 0 Å². The SMILES string of the molecule is CCNC(=O)[C@@H](C)OC(=O)c1ccc(OCC(C)C)cc1. The molecule has 0 unspecified atom stereocenters. The van der Waals surface area contributed by atoms with Crippen LogP contribution in [0, 0.1) is 5.92 Å². The molecule has 0 fully saturated rings. The minimum absolute atomic E-state index is 0.303. The van der Waals surface area contributed by atoms with Crippen LogP contribution in [0.5, 0.6) is 5.75 Å². The Morgan fingerprint density at radius 2 is 1.76 bits per heavy atom. The summed E-state index contributed by atoms with van der Waals surface area (Å²) in [6.07, 6.45) is -0.811. The third-order valence-corrected chi connectivity index (χ3v) is 2.68. The molecule has 0 heterocycles. The zero-order valence-electron chi connectivity index (χ0n) is 13.0. The molecule has 0 aliphatic heterocycles. The second-order valence-corrected chi connectivity index (χ2v) is 5.17. The predicted octanol–water partition coefficient (Wildman–Crippen LogP) is 2.40. The molecule has 0 aliphatic rings. The molecule has 0 bridgehead atoms. The van der Waals surface area contributed by atoms with E-state index in [4.69, 9.17) is 9.47 Å². The number of carbonyl (C=O) groups excluding carboxylic acids is 2. The smallest absolute Gasteiger partial charge is 0.338 e. The van der Waals surface area contributed by atoms with Crippen molar-refractivity contribution in [1.82, 2.24) is 5.32 Å². The van der Waals surface area contributed by atoms with Gasteiger partial charge in [0, 0.05) is 6.54 Å². The van der Waals surface area contributed by atoms with Crippen LogP contribution in [0.25, 0.3) is 0 Å². The summed E-state index contributed by atoms with van der Waals surface area (Å²) in [6, 6.07) is 6.69. The molecule has 1 rings (SSSR count). The van der Waals surface area contributed by atoms with E-state index < -0.39 is 12.1 Å². The van der Waals surface area contributed by atoms with E-state index in [2.05, 4.69) is 19.2 Å². The molecular formula is C16H23NO4. The second kappa shape index (κ2) is 8.29. The molecule has 1 atom stereocenters. The van der Waals surface area contributed by atoms with E-state index in [1.165, 1.54) is 0 Å². The van der Waals surface area contributed by atoms with Crippen molar-refractivity contribution in [2.24, 2.45) is 5.92 Å². The average molecular weight is 293 g/mol. The highest BCUT2D eigenvalue weighted by Gasteiger charge is 2.18. The van der Waals surface area contributed by atoms with Gasteiger partial charge >= 0.3 is 5.97 Å². The standard InChI is InChI=1S/C16H23NO4/c1-5-17-15(18)12(4)21-16(19)13-6-8-14(9-7-13)20-10-11(2)3/h6-9,11-12H,5,10H2,1-4H3,(H,17,18)/t12-/m1/s1. The van der Waals surface area contributed by atoms with Crippen LogP contribution in [-0.2, 0) is 9.53 Å². The summed E-state index contributed by atoms with van der Waals surface area (Å²) in [5.41, 5.74) is 0.392. The van der Waals surface area contributed by atoms with Gasteiger partial charge in [-0.1, -0.05) is 13.8 Å². The van der Waals surface area contributed by atoms with Crippen LogP contribution in [0.3, 0.4) is 0 Å². The highest BCUT2D eigenvalue weighted by atomic mass is 16.5. The number of ether oxygens (including phenoxy) is 2. The number of likely N-dealkylation sites (N-methyl/N-ethyl adjacent to an activating group) is 1. The number of rotatable bonds is 7. The van der Waals surface area contributed by atoms with Crippen molar-refractivity contribution in [3.63, 3.8) is 0 Å². The number of esters is 1. The van der Waals surface area contributed by atoms with Crippen LogP contribution in [0.2, 0.25) is 0 Å². The Morgan fingerprint density at radius 3 is 2.29 bits per heavy atom.